The lowest BCUT2D eigenvalue weighted by molar-refractivity contribution is -0.0512. The average molecular weight is 418 g/mol. The van der Waals surface area contributed by atoms with Gasteiger partial charge in [0.15, 0.2) is 6.23 Å². The van der Waals surface area contributed by atoms with Crippen LogP contribution in [0.4, 0.5) is 0 Å². The first-order valence-electron chi connectivity index (χ1n) is 6.69. The zero-order valence-electron chi connectivity index (χ0n) is 12.7. The Morgan fingerprint density at radius 3 is 2.56 bits per heavy atom. The molecule has 6 atom stereocenters. The summed E-state index contributed by atoms with van der Waals surface area (Å²) in [6.07, 6.45) is -8.96. The highest BCUT2D eigenvalue weighted by molar-refractivity contribution is 8.47. The van der Waals surface area contributed by atoms with Crippen molar-refractivity contribution in [2.75, 3.05) is 13.7 Å². The third-order valence-electron chi connectivity index (χ3n) is 3.43. The summed E-state index contributed by atoms with van der Waals surface area (Å²) in [5.74, 6) is 0. The van der Waals surface area contributed by atoms with Crippen molar-refractivity contribution in [1.29, 1.82) is 0 Å². The summed E-state index contributed by atoms with van der Waals surface area (Å²) in [6, 6.07) is 1.02. The first-order valence-corrected chi connectivity index (χ1v) is 11.6. The second-order valence-corrected chi connectivity index (χ2v) is 13.0. The Balaban J connectivity index is 2.15. The van der Waals surface area contributed by atoms with Crippen LogP contribution in [0.1, 0.15) is 6.23 Å². The Morgan fingerprint density at radius 1 is 1.36 bits per heavy atom. The summed E-state index contributed by atoms with van der Waals surface area (Å²) in [5, 5.41) is 20.0. The molecule has 1 aliphatic heterocycles. The lowest BCUT2D eigenvalue weighted by atomic mass is 10.1. The number of aromatic amines is 1. The van der Waals surface area contributed by atoms with Crippen molar-refractivity contribution in [3.8, 4) is 0 Å². The maximum atomic E-state index is 11.7. The molecule has 0 amide bonds. The van der Waals surface area contributed by atoms with Crippen LogP contribution in [0.2, 0.25) is 0 Å². The molecule has 1 aromatic heterocycles. The molecule has 2 unspecified atom stereocenters. The molecular formula is C10H16N2O10P2S. The summed E-state index contributed by atoms with van der Waals surface area (Å²) < 4.78 is 26.8. The van der Waals surface area contributed by atoms with Crippen molar-refractivity contribution in [3.05, 3.63) is 33.1 Å². The second kappa shape index (κ2) is 7.49. The minimum atomic E-state index is -4.59. The quantitative estimate of drug-likeness (QED) is 0.330. The Bertz CT molecular complexity index is 839. The highest BCUT2D eigenvalue weighted by Gasteiger charge is 2.46. The number of hydrogen-bond donors (Lipinski definition) is 5. The molecule has 0 saturated carbocycles. The number of hydrogen-bond acceptors (Lipinski definition) is 9. The summed E-state index contributed by atoms with van der Waals surface area (Å²) in [7, 11) is -3.72. The summed E-state index contributed by atoms with van der Waals surface area (Å²) in [6.45, 7) is -0.644. The molecule has 142 valence electrons. The van der Waals surface area contributed by atoms with E-state index in [2.05, 4.69) is 16.3 Å². The van der Waals surface area contributed by atoms with Gasteiger partial charge in [0.05, 0.1) is 6.61 Å². The maximum Gasteiger partial charge on any atom is 0.408 e. The van der Waals surface area contributed by atoms with Gasteiger partial charge in [0, 0.05) is 19.4 Å². The molecule has 5 N–H and O–H groups in total. The van der Waals surface area contributed by atoms with Gasteiger partial charge in [-0.3, -0.25) is 14.3 Å². The zero-order chi connectivity index (χ0) is 19.0. The van der Waals surface area contributed by atoms with Gasteiger partial charge < -0.3 is 33.8 Å². The van der Waals surface area contributed by atoms with Gasteiger partial charge >= 0.3 is 19.2 Å². The van der Waals surface area contributed by atoms with E-state index < -0.39 is 55.9 Å². The number of aliphatic hydroxyl groups excluding tert-OH is 2. The van der Waals surface area contributed by atoms with Crippen LogP contribution in [0.25, 0.3) is 0 Å². The normalized spacial score (nSPS) is 31.4. The summed E-state index contributed by atoms with van der Waals surface area (Å²) in [5.41, 5.74) is -1.54. The molecule has 0 bridgehead atoms. The summed E-state index contributed by atoms with van der Waals surface area (Å²) in [4.78, 5) is 44.0. The van der Waals surface area contributed by atoms with Crippen molar-refractivity contribution < 1.29 is 38.3 Å². The third kappa shape index (κ3) is 4.17. The van der Waals surface area contributed by atoms with E-state index in [1.807, 2.05) is 4.98 Å². The van der Waals surface area contributed by atoms with Gasteiger partial charge in [-0.15, -0.1) is 0 Å². The van der Waals surface area contributed by atoms with E-state index >= 15 is 0 Å². The molecule has 2 rings (SSSR count). The lowest BCUT2D eigenvalue weighted by Gasteiger charge is -2.22. The monoisotopic (exact) mass is 418 g/mol. The van der Waals surface area contributed by atoms with Gasteiger partial charge in [-0.2, -0.15) is 0 Å². The standard InChI is InChI=1S/C10H16N2O10P2S/c1-20-23(17,18)24(19,25)21-4-5-7(14)8(15)9(22-5)12-3-2-6(13)11-10(12)16/h2-3,5,7-9,14-15H,4H2,1H3,(H,17,18)(H,19,25)(H,11,13,16)/t5-,7-,8-,9-,24?/m1/s1. The van der Waals surface area contributed by atoms with Gasteiger partial charge in [-0.25, -0.2) is 9.36 Å². The molecule has 12 nitrogen and oxygen atoms in total. The molecular weight excluding hydrogens is 402 g/mol. The van der Waals surface area contributed by atoms with E-state index in [9.17, 15) is 34.2 Å². The van der Waals surface area contributed by atoms with E-state index in [0.29, 0.717) is 0 Å². The molecule has 15 heteroatoms. The van der Waals surface area contributed by atoms with Crippen LogP contribution >= 0.6 is 13.5 Å². The van der Waals surface area contributed by atoms with Crippen LogP contribution in [0, 0.1) is 0 Å². The summed E-state index contributed by atoms with van der Waals surface area (Å²) >= 11 is 4.55. The van der Waals surface area contributed by atoms with Crippen LogP contribution in [0.3, 0.4) is 0 Å². The molecule has 1 fully saturated rings. The van der Waals surface area contributed by atoms with E-state index in [1.165, 1.54) is 0 Å². The SMILES string of the molecule is COP(=O)(O)P(O)(=S)OC[C@H]1O[C@@H](n2ccc(=O)[nH]c2=O)[C@H](O)[C@@H]1O. The van der Waals surface area contributed by atoms with Crippen molar-refractivity contribution in [2.24, 2.45) is 0 Å². The van der Waals surface area contributed by atoms with Crippen LogP contribution < -0.4 is 11.2 Å². The van der Waals surface area contributed by atoms with Gasteiger partial charge in [0.1, 0.15) is 18.3 Å². The Labute approximate surface area is 145 Å². The van der Waals surface area contributed by atoms with E-state index in [4.69, 9.17) is 9.26 Å². The Morgan fingerprint density at radius 2 is 2.00 bits per heavy atom. The zero-order valence-corrected chi connectivity index (χ0v) is 15.3. The van der Waals surface area contributed by atoms with E-state index in [-0.39, 0.29) is 0 Å². The van der Waals surface area contributed by atoms with Crippen molar-refractivity contribution >= 4 is 25.3 Å². The fourth-order valence-electron chi connectivity index (χ4n) is 2.07. The minimum Gasteiger partial charge on any atom is -0.387 e. The number of nitrogens with zero attached hydrogens (tertiary/aromatic N) is 1. The average Bonchev–Trinajstić information content (AvgIpc) is 2.81. The van der Waals surface area contributed by atoms with Gasteiger partial charge in [-0.1, -0.05) is 0 Å². The molecule has 2 heterocycles. The minimum absolute atomic E-state index is 0.644. The fraction of sp³-hybridized carbons (Fsp3) is 0.600. The van der Waals surface area contributed by atoms with Gasteiger partial charge in [0.2, 0.25) is 0 Å². The first-order chi connectivity index (χ1) is 11.5. The van der Waals surface area contributed by atoms with Gasteiger partial charge in [0.25, 0.3) is 5.56 Å². The molecule has 0 aliphatic carbocycles. The Hall–Kier alpha value is -0.720. The first kappa shape index (κ1) is 20.6. The van der Waals surface area contributed by atoms with E-state index in [1.54, 1.807) is 0 Å². The van der Waals surface area contributed by atoms with Crippen LogP contribution in [0.15, 0.2) is 21.9 Å². The number of aliphatic hydroxyl groups is 2. The molecule has 0 spiro atoms. The highest BCUT2D eigenvalue weighted by atomic mass is 32.6. The topological polar surface area (TPSA) is 181 Å². The van der Waals surface area contributed by atoms with Crippen LogP contribution in [-0.4, -0.2) is 61.6 Å². The van der Waals surface area contributed by atoms with Crippen LogP contribution in [0.5, 0.6) is 0 Å². The molecule has 1 aromatic rings. The predicted molar refractivity (Wildman–Crippen MR) is 86.5 cm³/mol. The molecule has 0 aromatic carbocycles. The number of ether oxygens (including phenoxy) is 1. The Kier molecular flexibility index (Phi) is 6.17. The fourth-order valence-corrected chi connectivity index (χ4v) is 4.80. The van der Waals surface area contributed by atoms with Gasteiger partial charge in [-0.05, 0) is 11.8 Å². The molecule has 0 radical (unpaired) electrons. The highest BCUT2D eigenvalue weighted by Crippen LogP contribution is 2.77. The van der Waals surface area contributed by atoms with Crippen molar-refractivity contribution in [1.82, 2.24) is 9.55 Å². The van der Waals surface area contributed by atoms with Crippen LogP contribution in [-0.2, 0) is 30.2 Å². The predicted octanol–water partition coefficient (Wildman–Crippen LogP) is -1.78. The smallest absolute Gasteiger partial charge is 0.387 e. The molecule has 1 aliphatic rings. The largest absolute Gasteiger partial charge is 0.408 e. The number of rotatable bonds is 6. The van der Waals surface area contributed by atoms with Crippen molar-refractivity contribution in [2.45, 2.75) is 24.5 Å². The third-order valence-corrected chi connectivity index (χ3v) is 9.95. The number of H-pyrrole nitrogens is 1. The second-order valence-electron chi connectivity index (χ2n) is 5.02. The van der Waals surface area contributed by atoms with Crippen molar-refractivity contribution in [3.63, 3.8) is 0 Å². The molecule has 1 saturated heterocycles. The number of aromatic nitrogens is 2. The maximum absolute atomic E-state index is 11.7. The number of nitrogens with one attached hydrogen (secondary N) is 1. The van der Waals surface area contributed by atoms with E-state index in [0.717, 1.165) is 23.9 Å². The molecule has 25 heavy (non-hydrogen) atoms. The lowest BCUT2D eigenvalue weighted by Crippen LogP contribution is -2.37.